The Kier molecular flexibility index (Phi) is 5.99. The van der Waals surface area contributed by atoms with E-state index in [1.807, 2.05) is 6.07 Å². The van der Waals surface area contributed by atoms with Gasteiger partial charge in [0.15, 0.2) is 0 Å². The summed E-state index contributed by atoms with van der Waals surface area (Å²) in [4.78, 5) is 0. The van der Waals surface area contributed by atoms with E-state index in [1.165, 1.54) is 77.4 Å². The van der Waals surface area contributed by atoms with Gasteiger partial charge in [-0.2, -0.15) is 0 Å². The van der Waals surface area contributed by atoms with Gasteiger partial charge in [-0.15, -0.1) is 0 Å². The number of fused-ring (bicyclic) bond motifs is 19. The van der Waals surface area contributed by atoms with Gasteiger partial charge in [0, 0.05) is 26.9 Å². The summed E-state index contributed by atoms with van der Waals surface area (Å²) in [6.07, 6.45) is 0. The second-order valence-electron chi connectivity index (χ2n) is 16.3. The molecule has 2 heteroatoms. The largest absolute Gasteiger partial charge is 0.456 e. The zero-order valence-corrected chi connectivity index (χ0v) is 31.8. The van der Waals surface area contributed by atoms with Gasteiger partial charge in [-0.25, -0.2) is 0 Å². The summed E-state index contributed by atoms with van der Waals surface area (Å²) in [5.74, 6) is 0. The monoisotopic (exact) mass is 748 g/mol. The molecule has 2 nitrogen and oxygen atoms in total. The van der Waals surface area contributed by atoms with Crippen molar-refractivity contribution in [1.82, 2.24) is 0 Å². The molecule has 0 radical (unpaired) electrons. The van der Waals surface area contributed by atoms with Crippen molar-refractivity contribution in [2.24, 2.45) is 0 Å². The average Bonchev–Trinajstić information content (AvgIpc) is 4.03. The first-order valence-corrected chi connectivity index (χ1v) is 20.4. The molecule has 0 amide bonds. The van der Waals surface area contributed by atoms with Crippen LogP contribution in [0.2, 0.25) is 0 Å². The standard InChI is InChI=1S/C57H32O2/c1-2-13-39-33(11-1)23-28-45-55-38(18-10-22-53(55)59-56(39)45)35-24-26-42-47-29-34-12-9-17-37(36-25-27-44-43-16-5-8-21-52(43)58-54(44)31-36)46(34)32-51(47)57(50(42)30-35)48-19-6-3-14-40(48)41-15-4-7-20-49(41)57/h1-32H. The van der Waals surface area contributed by atoms with E-state index in [0.29, 0.717) is 0 Å². The van der Waals surface area contributed by atoms with Crippen molar-refractivity contribution >= 4 is 65.4 Å². The number of hydrogen-bond acceptors (Lipinski definition) is 2. The van der Waals surface area contributed by atoms with Crippen LogP contribution in [0.3, 0.4) is 0 Å². The van der Waals surface area contributed by atoms with Crippen LogP contribution in [-0.4, -0.2) is 0 Å². The fraction of sp³-hybridized carbons (Fsp3) is 0.0175. The van der Waals surface area contributed by atoms with E-state index < -0.39 is 5.41 Å². The fourth-order valence-electron chi connectivity index (χ4n) is 11.0. The summed E-state index contributed by atoms with van der Waals surface area (Å²) in [5.41, 5.74) is 18.3. The molecular weight excluding hydrogens is 717 g/mol. The minimum atomic E-state index is -0.513. The van der Waals surface area contributed by atoms with E-state index in [4.69, 9.17) is 8.83 Å². The summed E-state index contributed by atoms with van der Waals surface area (Å²) < 4.78 is 13.1. The number of hydrogen-bond donors (Lipinski definition) is 0. The lowest BCUT2D eigenvalue weighted by Crippen LogP contribution is -2.26. The average molecular weight is 749 g/mol. The van der Waals surface area contributed by atoms with E-state index >= 15 is 0 Å². The van der Waals surface area contributed by atoms with E-state index in [0.717, 1.165) is 54.8 Å². The molecule has 0 unspecified atom stereocenters. The lowest BCUT2D eigenvalue weighted by molar-refractivity contribution is 0.669. The van der Waals surface area contributed by atoms with Crippen molar-refractivity contribution in [2.75, 3.05) is 0 Å². The summed E-state index contributed by atoms with van der Waals surface area (Å²) in [5, 5.41) is 9.36. The van der Waals surface area contributed by atoms with Gasteiger partial charge in [-0.05, 0) is 131 Å². The van der Waals surface area contributed by atoms with Gasteiger partial charge in [-0.3, -0.25) is 0 Å². The second-order valence-corrected chi connectivity index (χ2v) is 16.3. The first-order valence-electron chi connectivity index (χ1n) is 20.4. The Balaban J connectivity index is 1.05. The molecule has 0 bridgehead atoms. The maximum atomic E-state index is 6.68. The van der Waals surface area contributed by atoms with Crippen LogP contribution in [0.15, 0.2) is 203 Å². The Bertz CT molecular complexity index is 3750. The number of para-hydroxylation sites is 1. The predicted octanol–water partition coefficient (Wildman–Crippen LogP) is 15.5. The van der Waals surface area contributed by atoms with Crippen molar-refractivity contribution in [3.63, 3.8) is 0 Å². The number of rotatable bonds is 2. The molecule has 1 spiro atoms. The summed E-state index contributed by atoms with van der Waals surface area (Å²) in [6.45, 7) is 0. The van der Waals surface area contributed by atoms with E-state index in [-0.39, 0.29) is 0 Å². The summed E-state index contributed by atoms with van der Waals surface area (Å²) in [6, 6.07) is 71.5. The normalized spacial score (nSPS) is 13.6. The third kappa shape index (κ3) is 4.00. The molecule has 0 saturated carbocycles. The Morgan fingerprint density at radius 3 is 1.78 bits per heavy atom. The van der Waals surface area contributed by atoms with Gasteiger partial charge in [-0.1, -0.05) is 146 Å². The smallest absolute Gasteiger partial charge is 0.143 e. The molecule has 0 saturated heterocycles. The first kappa shape index (κ1) is 31.4. The lowest BCUT2D eigenvalue weighted by atomic mass is 9.70. The van der Waals surface area contributed by atoms with E-state index in [1.54, 1.807) is 0 Å². The quantitative estimate of drug-likeness (QED) is 0.176. The SMILES string of the molecule is c1ccc2c(c1)-c1ccccc1C21c2cc(-c3cccc4oc5c6ccccc6ccc5c34)ccc2-c2cc3cccc(-c4ccc5c(c4)oc4ccccc45)c3cc21. The molecular formula is C57H32O2. The first-order chi connectivity index (χ1) is 29.2. The highest BCUT2D eigenvalue weighted by atomic mass is 16.3. The van der Waals surface area contributed by atoms with Crippen molar-refractivity contribution in [3.8, 4) is 44.5 Å². The van der Waals surface area contributed by atoms with Crippen LogP contribution in [0.5, 0.6) is 0 Å². The molecule has 59 heavy (non-hydrogen) atoms. The molecule has 0 aliphatic heterocycles. The third-order valence-corrected chi connectivity index (χ3v) is 13.5. The van der Waals surface area contributed by atoms with Crippen LogP contribution in [0.4, 0.5) is 0 Å². The van der Waals surface area contributed by atoms with Crippen LogP contribution >= 0.6 is 0 Å². The molecule has 10 aromatic carbocycles. The highest BCUT2D eigenvalue weighted by molar-refractivity contribution is 6.19. The van der Waals surface area contributed by atoms with Crippen LogP contribution in [0.1, 0.15) is 22.3 Å². The molecule has 0 N–H and O–H groups in total. The fourth-order valence-corrected chi connectivity index (χ4v) is 11.0. The highest BCUT2D eigenvalue weighted by Crippen LogP contribution is 2.64. The minimum Gasteiger partial charge on any atom is -0.456 e. The predicted molar refractivity (Wildman–Crippen MR) is 243 cm³/mol. The maximum Gasteiger partial charge on any atom is 0.143 e. The molecule has 0 atom stereocenters. The topological polar surface area (TPSA) is 26.3 Å². The third-order valence-electron chi connectivity index (χ3n) is 13.5. The van der Waals surface area contributed by atoms with Gasteiger partial charge in [0.05, 0.1) is 5.41 Å². The lowest BCUT2D eigenvalue weighted by Gasteiger charge is -2.31. The number of benzene rings is 10. The minimum absolute atomic E-state index is 0.513. The van der Waals surface area contributed by atoms with Gasteiger partial charge < -0.3 is 8.83 Å². The van der Waals surface area contributed by atoms with Crippen LogP contribution in [0.25, 0.3) is 110 Å². The molecule has 272 valence electrons. The molecule has 12 aromatic rings. The second kappa shape index (κ2) is 11.2. The van der Waals surface area contributed by atoms with Gasteiger partial charge in [0.2, 0.25) is 0 Å². The van der Waals surface area contributed by atoms with Crippen LogP contribution < -0.4 is 0 Å². The summed E-state index contributed by atoms with van der Waals surface area (Å²) >= 11 is 0. The molecule has 2 aliphatic rings. The Morgan fingerprint density at radius 2 is 0.898 bits per heavy atom. The zero-order valence-electron chi connectivity index (χ0n) is 31.8. The van der Waals surface area contributed by atoms with Gasteiger partial charge in [0.1, 0.15) is 22.3 Å². The molecule has 2 aliphatic carbocycles. The molecule has 2 aromatic heterocycles. The number of furan rings is 2. The van der Waals surface area contributed by atoms with Crippen molar-refractivity contribution in [1.29, 1.82) is 0 Å². The van der Waals surface area contributed by atoms with Crippen molar-refractivity contribution in [3.05, 3.63) is 216 Å². The Hall–Kier alpha value is -7.68. The maximum absolute atomic E-state index is 6.68. The van der Waals surface area contributed by atoms with Crippen molar-refractivity contribution < 1.29 is 8.83 Å². The van der Waals surface area contributed by atoms with E-state index in [9.17, 15) is 0 Å². The van der Waals surface area contributed by atoms with Gasteiger partial charge >= 0.3 is 0 Å². The van der Waals surface area contributed by atoms with Crippen LogP contribution in [0, 0.1) is 0 Å². The zero-order chi connectivity index (χ0) is 38.4. The Labute approximate surface area is 339 Å². The highest BCUT2D eigenvalue weighted by Gasteiger charge is 2.52. The van der Waals surface area contributed by atoms with E-state index in [2.05, 4.69) is 188 Å². The molecule has 14 rings (SSSR count). The Morgan fingerprint density at radius 1 is 0.288 bits per heavy atom. The molecule has 2 heterocycles. The van der Waals surface area contributed by atoms with Gasteiger partial charge in [0.25, 0.3) is 0 Å². The van der Waals surface area contributed by atoms with Crippen LogP contribution in [-0.2, 0) is 5.41 Å². The molecule has 0 fully saturated rings. The summed E-state index contributed by atoms with van der Waals surface area (Å²) in [7, 11) is 0. The van der Waals surface area contributed by atoms with Crippen molar-refractivity contribution in [2.45, 2.75) is 5.41 Å².